The van der Waals surface area contributed by atoms with Gasteiger partial charge in [0.15, 0.2) is 0 Å². The smallest absolute Gasteiger partial charge is 0.0848 e. The summed E-state index contributed by atoms with van der Waals surface area (Å²) in [5.41, 5.74) is 1.05. The fourth-order valence-corrected chi connectivity index (χ4v) is 3.17. The molecule has 0 bridgehead atoms. The van der Waals surface area contributed by atoms with E-state index in [0.717, 1.165) is 25.0 Å². The minimum absolute atomic E-state index is 0.286. The first-order valence-corrected chi connectivity index (χ1v) is 6.73. The maximum Gasteiger partial charge on any atom is 0.0848 e. The van der Waals surface area contributed by atoms with E-state index in [4.69, 9.17) is 4.74 Å². The van der Waals surface area contributed by atoms with E-state index < -0.39 is 0 Å². The van der Waals surface area contributed by atoms with Crippen LogP contribution in [0.3, 0.4) is 0 Å². The Morgan fingerprint density at radius 3 is 3.07 bits per heavy atom. The number of ether oxygens (including phenoxy) is 1. The third-order valence-corrected chi connectivity index (χ3v) is 4.38. The van der Waals surface area contributed by atoms with Crippen molar-refractivity contribution in [2.45, 2.75) is 18.9 Å². The summed E-state index contributed by atoms with van der Waals surface area (Å²) in [6.07, 6.45) is 1.81. The third-order valence-electron chi connectivity index (χ3n) is 2.57. The molecule has 0 radical (unpaired) electrons. The van der Waals surface area contributed by atoms with Crippen LogP contribution in [-0.2, 0) is 4.74 Å². The van der Waals surface area contributed by atoms with Crippen LogP contribution < -0.4 is 0 Å². The summed E-state index contributed by atoms with van der Waals surface area (Å²) in [7, 11) is 0. The second-order valence-corrected chi connectivity index (χ2v) is 6.41. The highest BCUT2D eigenvalue weighted by Gasteiger charge is 2.24. The Bertz CT molecular complexity index is 294. The van der Waals surface area contributed by atoms with E-state index in [1.54, 1.807) is 11.3 Å². The number of aliphatic hydroxyl groups is 1. The van der Waals surface area contributed by atoms with E-state index in [9.17, 15) is 5.11 Å². The van der Waals surface area contributed by atoms with Crippen LogP contribution in [0.2, 0.25) is 0 Å². The zero-order chi connectivity index (χ0) is 9.97. The van der Waals surface area contributed by atoms with Crippen molar-refractivity contribution >= 4 is 33.9 Å². The zero-order valence-corrected chi connectivity index (χ0v) is 10.8. The van der Waals surface area contributed by atoms with Gasteiger partial charge in [0, 0.05) is 12.5 Å². The van der Waals surface area contributed by atoms with Crippen LogP contribution in [0.25, 0.3) is 0 Å². The molecule has 1 aromatic rings. The fourth-order valence-electron chi connectivity index (χ4n) is 1.77. The van der Waals surface area contributed by atoms with E-state index >= 15 is 0 Å². The molecule has 0 amide bonds. The van der Waals surface area contributed by atoms with Gasteiger partial charge in [-0.2, -0.15) is 0 Å². The van der Waals surface area contributed by atoms with Crippen molar-refractivity contribution in [3.8, 4) is 0 Å². The molecule has 1 saturated heterocycles. The van der Waals surface area contributed by atoms with Crippen molar-refractivity contribution in [2.75, 3.05) is 13.2 Å². The van der Waals surface area contributed by atoms with Crippen molar-refractivity contribution in [3.63, 3.8) is 0 Å². The molecule has 14 heavy (non-hydrogen) atoms. The summed E-state index contributed by atoms with van der Waals surface area (Å²) in [6, 6.07) is 2.06. The molecule has 4 heteroatoms. The molecule has 0 aromatic carbocycles. The summed E-state index contributed by atoms with van der Waals surface area (Å²) < 4.78 is 6.60. The lowest BCUT2D eigenvalue weighted by Crippen LogP contribution is -2.23. The molecule has 0 spiro atoms. The highest BCUT2D eigenvalue weighted by Crippen LogP contribution is 2.31. The minimum Gasteiger partial charge on any atom is -0.388 e. The van der Waals surface area contributed by atoms with Crippen molar-refractivity contribution in [1.82, 2.24) is 0 Å². The first kappa shape index (κ1) is 10.9. The molecule has 2 unspecified atom stereocenters. The Labute approximate surface area is 101 Å². The van der Waals surface area contributed by atoms with Gasteiger partial charge in [0.1, 0.15) is 0 Å². The number of rotatable bonds is 2. The van der Waals surface area contributed by atoms with Gasteiger partial charge in [-0.1, -0.05) is 0 Å². The van der Waals surface area contributed by atoms with E-state index in [2.05, 4.69) is 28.7 Å². The van der Waals surface area contributed by atoms with Gasteiger partial charge < -0.3 is 9.84 Å². The number of aliphatic hydroxyl groups excluding tert-OH is 1. The van der Waals surface area contributed by atoms with Crippen LogP contribution in [-0.4, -0.2) is 18.3 Å². The van der Waals surface area contributed by atoms with Crippen LogP contribution >= 0.6 is 33.9 Å². The van der Waals surface area contributed by atoms with E-state index in [1.165, 1.54) is 2.88 Å². The fraction of sp³-hybridized carbons (Fsp3) is 0.600. The van der Waals surface area contributed by atoms with E-state index in [1.807, 2.05) is 5.38 Å². The molecule has 2 nitrogen and oxygen atoms in total. The molecule has 2 rings (SSSR count). The molecule has 0 aliphatic carbocycles. The molecule has 2 heterocycles. The standard InChI is InChI=1S/C10H13IO2S/c11-9-4-8(6-14-9)10(12)7-2-1-3-13-5-7/h4,6-7,10,12H,1-3,5H2. The maximum absolute atomic E-state index is 10.1. The topological polar surface area (TPSA) is 29.5 Å². The van der Waals surface area contributed by atoms with Gasteiger partial charge in [-0.3, -0.25) is 0 Å². The molecule has 0 saturated carbocycles. The van der Waals surface area contributed by atoms with Crippen molar-refractivity contribution in [2.24, 2.45) is 5.92 Å². The predicted molar refractivity (Wildman–Crippen MR) is 65.5 cm³/mol. The van der Waals surface area contributed by atoms with Gasteiger partial charge in [0.2, 0.25) is 0 Å². The van der Waals surface area contributed by atoms with Crippen molar-refractivity contribution < 1.29 is 9.84 Å². The number of hydrogen-bond donors (Lipinski definition) is 1. The van der Waals surface area contributed by atoms with Crippen LogP contribution in [0.15, 0.2) is 11.4 Å². The van der Waals surface area contributed by atoms with Gasteiger partial charge in [-0.25, -0.2) is 0 Å². The van der Waals surface area contributed by atoms with Gasteiger partial charge in [-0.15, -0.1) is 11.3 Å². The van der Waals surface area contributed by atoms with Crippen LogP contribution in [0.4, 0.5) is 0 Å². The highest BCUT2D eigenvalue weighted by molar-refractivity contribution is 14.1. The lowest BCUT2D eigenvalue weighted by molar-refractivity contribution is -0.00982. The number of halogens is 1. The lowest BCUT2D eigenvalue weighted by atomic mass is 9.92. The molecular weight excluding hydrogens is 311 g/mol. The van der Waals surface area contributed by atoms with E-state index in [0.29, 0.717) is 6.61 Å². The average Bonchev–Trinajstić information content (AvgIpc) is 2.65. The van der Waals surface area contributed by atoms with Gasteiger partial charge in [0.25, 0.3) is 0 Å². The number of hydrogen-bond acceptors (Lipinski definition) is 3. The Hall–Kier alpha value is 0.350. The second-order valence-electron chi connectivity index (χ2n) is 3.61. The average molecular weight is 324 g/mol. The molecule has 1 aliphatic heterocycles. The maximum atomic E-state index is 10.1. The third kappa shape index (κ3) is 2.48. The summed E-state index contributed by atoms with van der Waals surface area (Å²) in [5, 5.41) is 12.1. The predicted octanol–water partition coefficient (Wildman–Crippen LogP) is 2.81. The first-order chi connectivity index (χ1) is 6.77. The quantitative estimate of drug-likeness (QED) is 0.848. The zero-order valence-electron chi connectivity index (χ0n) is 7.78. The summed E-state index contributed by atoms with van der Waals surface area (Å²) in [6.45, 7) is 1.55. The van der Waals surface area contributed by atoms with Crippen LogP contribution in [0, 0.1) is 8.80 Å². The highest BCUT2D eigenvalue weighted by atomic mass is 127. The summed E-state index contributed by atoms with van der Waals surface area (Å²) in [4.78, 5) is 0. The molecule has 78 valence electrons. The SMILES string of the molecule is OC(c1csc(I)c1)C1CCCOC1. The normalized spacial score (nSPS) is 24.9. The monoisotopic (exact) mass is 324 g/mol. The Morgan fingerprint density at radius 1 is 1.64 bits per heavy atom. The first-order valence-electron chi connectivity index (χ1n) is 4.77. The molecule has 1 N–H and O–H groups in total. The largest absolute Gasteiger partial charge is 0.388 e. The Morgan fingerprint density at radius 2 is 2.50 bits per heavy atom. The Balaban J connectivity index is 2.03. The minimum atomic E-state index is -0.338. The number of thiophene rings is 1. The van der Waals surface area contributed by atoms with Crippen molar-refractivity contribution in [1.29, 1.82) is 0 Å². The van der Waals surface area contributed by atoms with Gasteiger partial charge in [-0.05, 0) is 52.4 Å². The Kier molecular flexibility index (Phi) is 3.81. The molecule has 1 fully saturated rings. The molecule has 2 atom stereocenters. The molecule has 1 aliphatic rings. The van der Waals surface area contributed by atoms with E-state index in [-0.39, 0.29) is 12.0 Å². The van der Waals surface area contributed by atoms with Crippen LogP contribution in [0.1, 0.15) is 24.5 Å². The summed E-state index contributed by atoms with van der Waals surface area (Å²) in [5.74, 6) is 0.286. The van der Waals surface area contributed by atoms with Crippen LogP contribution in [0.5, 0.6) is 0 Å². The van der Waals surface area contributed by atoms with Gasteiger partial charge >= 0.3 is 0 Å². The molecule has 1 aromatic heterocycles. The van der Waals surface area contributed by atoms with Gasteiger partial charge in [0.05, 0.1) is 15.6 Å². The summed E-state index contributed by atoms with van der Waals surface area (Å²) >= 11 is 3.96. The van der Waals surface area contributed by atoms with Crippen molar-refractivity contribution in [3.05, 3.63) is 19.9 Å². The second kappa shape index (κ2) is 4.92. The lowest BCUT2D eigenvalue weighted by Gasteiger charge is -2.26. The molecular formula is C10H13IO2S.